The van der Waals surface area contributed by atoms with E-state index in [-0.39, 0.29) is 28.8 Å². The first-order valence-corrected chi connectivity index (χ1v) is 12.8. The van der Waals surface area contributed by atoms with Crippen LogP contribution in [0, 0.1) is 0 Å². The third-order valence-electron chi connectivity index (χ3n) is 6.27. The Morgan fingerprint density at radius 3 is 2.38 bits per heavy atom. The Kier molecular flexibility index (Phi) is 6.21. The van der Waals surface area contributed by atoms with E-state index in [1.165, 1.54) is 10.7 Å². The average molecular weight is 457 g/mol. The van der Waals surface area contributed by atoms with Crippen LogP contribution in [0.2, 0.25) is 0 Å². The van der Waals surface area contributed by atoms with Crippen LogP contribution in [0.15, 0.2) is 53.4 Å². The maximum absolute atomic E-state index is 13.6. The van der Waals surface area contributed by atoms with Crippen LogP contribution in [-0.4, -0.2) is 33.0 Å². The van der Waals surface area contributed by atoms with Gasteiger partial charge in [-0.05, 0) is 48.1 Å². The Morgan fingerprint density at radius 1 is 1.03 bits per heavy atom. The van der Waals surface area contributed by atoms with Gasteiger partial charge in [0, 0.05) is 6.04 Å². The first-order valence-electron chi connectivity index (χ1n) is 11.4. The zero-order valence-corrected chi connectivity index (χ0v) is 19.8. The van der Waals surface area contributed by atoms with Crippen LogP contribution >= 0.6 is 0 Å². The van der Waals surface area contributed by atoms with Gasteiger partial charge in [-0.2, -0.15) is 0 Å². The molecule has 0 radical (unpaired) electrons. The molecule has 1 saturated carbocycles. The van der Waals surface area contributed by atoms with Gasteiger partial charge in [-0.1, -0.05) is 64.3 Å². The standard InChI is InChI=1S/C25H32N2O4S/c1-25(2,3)18-14-15-22-21(16-18)27(32(29,30)20-12-8-5-9-13-20)17-23(31-22)24(28)26-19-10-6-4-7-11-19/h5,8-9,12-16,19,23H,4,6-7,10-11,17H2,1-3H3,(H,26,28)/t23-/m0/s1. The maximum atomic E-state index is 13.6. The number of carbonyl (C=O) groups is 1. The number of amides is 1. The summed E-state index contributed by atoms with van der Waals surface area (Å²) in [5.41, 5.74) is 1.31. The highest BCUT2D eigenvalue weighted by Crippen LogP contribution is 2.40. The summed E-state index contributed by atoms with van der Waals surface area (Å²) in [6.45, 7) is 6.18. The Hall–Kier alpha value is -2.54. The lowest BCUT2D eigenvalue weighted by Gasteiger charge is -2.36. The van der Waals surface area contributed by atoms with Gasteiger partial charge in [0.2, 0.25) is 0 Å². The van der Waals surface area contributed by atoms with Crippen molar-refractivity contribution in [2.45, 2.75) is 75.3 Å². The fourth-order valence-electron chi connectivity index (χ4n) is 4.34. The van der Waals surface area contributed by atoms with Crippen LogP contribution in [0.3, 0.4) is 0 Å². The second-order valence-corrected chi connectivity index (χ2v) is 11.6. The second kappa shape index (κ2) is 8.77. The van der Waals surface area contributed by atoms with E-state index in [1.807, 2.05) is 12.1 Å². The molecule has 6 nitrogen and oxygen atoms in total. The molecule has 0 spiro atoms. The highest BCUT2D eigenvalue weighted by atomic mass is 32.2. The lowest BCUT2D eigenvalue weighted by Crippen LogP contribution is -2.52. The van der Waals surface area contributed by atoms with E-state index in [9.17, 15) is 13.2 Å². The van der Waals surface area contributed by atoms with Crippen molar-refractivity contribution < 1.29 is 17.9 Å². The number of carbonyl (C=O) groups excluding carboxylic acids is 1. The molecule has 4 rings (SSSR count). The predicted octanol–water partition coefficient (Wildman–Crippen LogP) is 4.39. The highest BCUT2D eigenvalue weighted by molar-refractivity contribution is 7.92. The minimum absolute atomic E-state index is 0.0591. The topological polar surface area (TPSA) is 75.7 Å². The fourth-order valence-corrected chi connectivity index (χ4v) is 5.83. The monoisotopic (exact) mass is 456 g/mol. The first-order chi connectivity index (χ1) is 15.2. The molecule has 32 heavy (non-hydrogen) atoms. The highest BCUT2D eigenvalue weighted by Gasteiger charge is 2.38. The van der Waals surface area contributed by atoms with Crippen LogP contribution in [-0.2, 0) is 20.2 Å². The van der Waals surface area contributed by atoms with E-state index >= 15 is 0 Å². The molecule has 1 atom stereocenters. The molecule has 1 aliphatic carbocycles. The largest absolute Gasteiger partial charge is 0.476 e. The molecule has 172 valence electrons. The van der Waals surface area contributed by atoms with Gasteiger partial charge >= 0.3 is 0 Å². The van der Waals surface area contributed by atoms with Gasteiger partial charge in [-0.15, -0.1) is 0 Å². The summed E-state index contributed by atoms with van der Waals surface area (Å²) in [5, 5.41) is 3.08. The SMILES string of the molecule is CC(C)(C)c1ccc2c(c1)N(S(=O)(=O)c1ccccc1)C[C@@H](C(=O)NC1CCCCC1)O2. The number of rotatable bonds is 4. The molecule has 0 aromatic heterocycles. The van der Waals surface area contributed by atoms with E-state index in [4.69, 9.17) is 4.74 Å². The van der Waals surface area contributed by atoms with E-state index in [2.05, 4.69) is 26.1 Å². The van der Waals surface area contributed by atoms with E-state index in [1.54, 1.807) is 36.4 Å². The van der Waals surface area contributed by atoms with Crippen LogP contribution in [0.25, 0.3) is 0 Å². The number of hydrogen-bond acceptors (Lipinski definition) is 4. The van der Waals surface area contributed by atoms with Crippen molar-refractivity contribution in [2.75, 3.05) is 10.8 Å². The summed E-state index contributed by atoms with van der Waals surface area (Å²) in [6.07, 6.45) is 4.40. The molecule has 1 amide bonds. The first kappa shape index (κ1) is 22.6. The van der Waals surface area contributed by atoms with Gasteiger partial charge in [0.05, 0.1) is 17.1 Å². The van der Waals surface area contributed by atoms with E-state index < -0.39 is 16.1 Å². The van der Waals surface area contributed by atoms with Crippen LogP contribution in [0.1, 0.15) is 58.4 Å². The van der Waals surface area contributed by atoms with Gasteiger partial charge in [-0.25, -0.2) is 8.42 Å². The molecule has 1 heterocycles. The molecule has 1 aliphatic heterocycles. The molecule has 1 N–H and O–H groups in total. The third kappa shape index (κ3) is 4.63. The van der Waals surface area contributed by atoms with E-state index in [0.717, 1.165) is 31.2 Å². The van der Waals surface area contributed by atoms with Crippen molar-refractivity contribution in [3.8, 4) is 5.75 Å². The summed E-state index contributed by atoms with van der Waals surface area (Å²) >= 11 is 0. The van der Waals surface area contributed by atoms with Crippen LogP contribution in [0.5, 0.6) is 5.75 Å². The Labute approximate surface area is 191 Å². The number of ether oxygens (including phenoxy) is 1. The van der Waals surface area contributed by atoms with Gasteiger partial charge < -0.3 is 10.1 Å². The molecule has 0 unspecified atom stereocenters. The molecule has 2 aromatic rings. The van der Waals surface area contributed by atoms with Crippen LogP contribution in [0.4, 0.5) is 5.69 Å². The zero-order valence-electron chi connectivity index (χ0n) is 19.0. The van der Waals surface area contributed by atoms with Gasteiger partial charge in [0.25, 0.3) is 15.9 Å². The molecule has 2 aliphatic rings. The van der Waals surface area contributed by atoms with E-state index in [0.29, 0.717) is 11.4 Å². The fraction of sp³-hybridized carbons (Fsp3) is 0.480. The number of sulfonamides is 1. The summed E-state index contributed by atoms with van der Waals surface area (Å²) in [4.78, 5) is 13.2. The average Bonchev–Trinajstić information content (AvgIpc) is 2.78. The number of anilines is 1. The summed E-state index contributed by atoms with van der Waals surface area (Å²) in [7, 11) is -3.86. The molecule has 0 bridgehead atoms. The Bertz CT molecular complexity index is 1070. The van der Waals surface area contributed by atoms with Crippen molar-refractivity contribution in [3.05, 3.63) is 54.1 Å². The number of nitrogens with zero attached hydrogens (tertiary/aromatic N) is 1. The zero-order chi connectivity index (χ0) is 22.9. The molecule has 1 fully saturated rings. The lowest BCUT2D eigenvalue weighted by molar-refractivity contribution is -0.128. The van der Waals surface area contributed by atoms with Gasteiger partial charge in [0.1, 0.15) is 5.75 Å². The minimum Gasteiger partial charge on any atom is -0.476 e. The van der Waals surface area contributed by atoms with Crippen molar-refractivity contribution >= 4 is 21.6 Å². The summed E-state index contributed by atoms with van der Waals surface area (Å²) in [5.74, 6) is 0.156. The number of benzene rings is 2. The van der Waals surface area contributed by atoms with Gasteiger partial charge in [-0.3, -0.25) is 9.10 Å². The quantitative estimate of drug-likeness (QED) is 0.740. The third-order valence-corrected chi connectivity index (χ3v) is 8.06. The molecule has 0 saturated heterocycles. The van der Waals surface area contributed by atoms with Crippen molar-refractivity contribution in [3.63, 3.8) is 0 Å². The second-order valence-electron chi connectivity index (χ2n) is 9.73. The smallest absolute Gasteiger partial charge is 0.264 e. The Balaban J connectivity index is 1.70. The summed E-state index contributed by atoms with van der Waals surface area (Å²) < 4.78 is 34.6. The Morgan fingerprint density at radius 2 is 1.72 bits per heavy atom. The maximum Gasteiger partial charge on any atom is 0.264 e. The van der Waals surface area contributed by atoms with Crippen molar-refractivity contribution in [2.24, 2.45) is 0 Å². The molecule has 2 aromatic carbocycles. The number of fused-ring (bicyclic) bond motifs is 1. The minimum atomic E-state index is -3.86. The molecular weight excluding hydrogens is 424 g/mol. The normalized spacial score (nSPS) is 19.7. The predicted molar refractivity (Wildman–Crippen MR) is 126 cm³/mol. The molecule has 7 heteroatoms. The van der Waals surface area contributed by atoms with Crippen molar-refractivity contribution in [1.82, 2.24) is 5.32 Å². The summed E-state index contributed by atoms with van der Waals surface area (Å²) in [6, 6.07) is 14.1. The molecular formula is C25H32N2O4S. The van der Waals surface area contributed by atoms with Crippen LogP contribution < -0.4 is 14.4 Å². The number of hydrogen-bond donors (Lipinski definition) is 1. The van der Waals surface area contributed by atoms with Crippen molar-refractivity contribution in [1.29, 1.82) is 0 Å². The number of nitrogens with one attached hydrogen (secondary N) is 1. The lowest BCUT2D eigenvalue weighted by atomic mass is 9.86. The van der Waals surface area contributed by atoms with Gasteiger partial charge in [0.15, 0.2) is 6.10 Å².